The van der Waals surface area contributed by atoms with Gasteiger partial charge in [-0.25, -0.2) is 4.79 Å². The second kappa shape index (κ2) is 8.34. The molecule has 0 radical (unpaired) electrons. The Morgan fingerprint density at radius 1 is 1.10 bits per heavy atom. The van der Waals surface area contributed by atoms with Gasteiger partial charge in [0.05, 0.1) is 12.0 Å². The number of aromatic nitrogens is 1. The van der Waals surface area contributed by atoms with E-state index < -0.39 is 11.6 Å². The third-order valence-corrected chi connectivity index (χ3v) is 5.04. The minimum atomic E-state index is -0.446. The molecule has 2 aromatic heterocycles. The standard InChI is InChI=1S/C22H15Cl2NO5/c1-12-17-10-15(28-20(26)9-7-16-11-19(24)25-30-16)6-8-18(17)29-22(27)21(12)13-2-4-14(23)5-3-13/h2-6,8,10-11H,7,9H2,1H3. The minimum absolute atomic E-state index is 0.0996. The summed E-state index contributed by atoms with van der Waals surface area (Å²) < 4.78 is 15.9. The number of aryl methyl sites for hydroxylation is 2. The smallest absolute Gasteiger partial charge is 0.344 e. The molecule has 0 aliphatic rings. The average Bonchev–Trinajstić information content (AvgIpc) is 3.14. The maximum atomic E-state index is 12.5. The van der Waals surface area contributed by atoms with Gasteiger partial charge >= 0.3 is 11.6 Å². The van der Waals surface area contributed by atoms with Gasteiger partial charge in [-0.3, -0.25) is 4.79 Å². The van der Waals surface area contributed by atoms with Gasteiger partial charge in [0.1, 0.15) is 17.1 Å². The topological polar surface area (TPSA) is 82.5 Å². The maximum absolute atomic E-state index is 12.5. The molecule has 0 saturated heterocycles. The van der Waals surface area contributed by atoms with Crippen LogP contribution < -0.4 is 10.4 Å². The van der Waals surface area contributed by atoms with Crippen LogP contribution in [0.1, 0.15) is 17.7 Å². The fourth-order valence-electron chi connectivity index (χ4n) is 3.16. The Morgan fingerprint density at radius 3 is 2.57 bits per heavy atom. The zero-order chi connectivity index (χ0) is 21.3. The third kappa shape index (κ3) is 4.25. The SMILES string of the molecule is Cc1c(-c2ccc(Cl)cc2)c(=O)oc2ccc(OC(=O)CCc3cc(Cl)no3)cc12. The molecular weight excluding hydrogens is 429 g/mol. The van der Waals surface area contributed by atoms with Crippen LogP contribution in [0.15, 0.2) is 62.3 Å². The van der Waals surface area contributed by atoms with Crippen molar-refractivity contribution in [3.05, 3.63) is 80.5 Å². The predicted octanol–water partition coefficient (Wildman–Crippen LogP) is 5.60. The summed E-state index contributed by atoms with van der Waals surface area (Å²) in [6.07, 6.45) is 0.420. The molecule has 30 heavy (non-hydrogen) atoms. The molecule has 0 bridgehead atoms. The number of fused-ring (bicyclic) bond motifs is 1. The first-order valence-electron chi connectivity index (χ1n) is 9.06. The fraction of sp³-hybridized carbons (Fsp3) is 0.136. The Labute approximate surface area is 181 Å². The highest BCUT2D eigenvalue weighted by Crippen LogP contribution is 2.30. The number of carbonyl (C=O) groups excluding carboxylic acids is 1. The molecule has 2 aromatic carbocycles. The van der Waals surface area contributed by atoms with Crippen LogP contribution in [0.4, 0.5) is 0 Å². The number of carbonyl (C=O) groups is 1. The molecule has 0 saturated carbocycles. The summed E-state index contributed by atoms with van der Waals surface area (Å²) in [5.74, 6) is 0.414. The first-order valence-corrected chi connectivity index (χ1v) is 9.81. The second-order valence-electron chi connectivity index (χ2n) is 6.64. The highest BCUT2D eigenvalue weighted by Gasteiger charge is 2.15. The van der Waals surface area contributed by atoms with Crippen molar-refractivity contribution in [2.75, 3.05) is 0 Å². The Bertz CT molecular complexity index is 1290. The molecular formula is C22H15Cl2NO5. The van der Waals surface area contributed by atoms with Crippen LogP contribution in [0.3, 0.4) is 0 Å². The number of nitrogens with zero attached hydrogens (tertiary/aromatic N) is 1. The number of benzene rings is 2. The number of rotatable bonds is 5. The average molecular weight is 444 g/mol. The quantitative estimate of drug-likeness (QED) is 0.226. The van der Waals surface area contributed by atoms with Crippen molar-refractivity contribution in [3.8, 4) is 16.9 Å². The summed E-state index contributed by atoms with van der Waals surface area (Å²) >= 11 is 11.6. The summed E-state index contributed by atoms with van der Waals surface area (Å²) in [4.78, 5) is 24.7. The van der Waals surface area contributed by atoms with Crippen molar-refractivity contribution in [2.45, 2.75) is 19.8 Å². The Morgan fingerprint density at radius 2 is 1.87 bits per heavy atom. The van der Waals surface area contributed by atoms with E-state index >= 15 is 0 Å². The van der Waals surface area contributed by atoms with Crippen LogP contribution in [-0.2, 0) is 11.2 Å². The molecule has 0 unspecified atom stereocenters. The van der Waals surface area contributed by atoms with Crippen molar-refractivity contribution in [3.63, 3.8) is 0 Å². The van der Waals surface area contributed by atoms with Crippen LogP contribution in [-0.4, -0.2) is 11.1 Å². The Kier molecular flexibility index (Phi) is 5.61. The molecule has 6 nitrogen and oxygen atoms in total. The van der Waals surface area contributed by atoms with E-state index in [0.29, 0.717) is 45.0 Å². The zero-order valence-corrected chi connectivity index (χ0v) is 17.3. The molecule has 0 N–H and O–H groups in total. The molecule has 2 heterocycles. The van der Waals surface area contributed by atoms with Gasteiger partial charge in [0, 0.05) is 22.9 Å². The maximum Gasteiger partial charge on any atom is 0.344 e. The predicted molar refractivity (Wildman–Crippen MR) is 113 cm³/mol. The van der Waals surface area contributed by atoms with Crippen LogP contribution in [0.25, 0.3) is 22.1 Å². The zero-order valence-electron chi connectivity index (χ0n) is 15.8. The summed E-state index contributed by atoms with van der Waals surface area (Å²) in [6, 6.07) is 13.3. The van der Waals surface area contributed by atoms with E-state index in [0.717, 1.165) is 5.56 Å². The molecule has 0 amide bonds. The molecule has 0 aliphatic carbocycles. The Balaban J connectivity index is 1.60. The van der Waals surface area contributed by atoms with Crippen molar-refractivity contribution < 1.29 is 18.5 Å². The summed E-state index contributed by atoms with van der Waals surface area (Å²) in [5, 5.41) is 5.05. The molecule has 0 fully saturated rings. The van der Waals surface area contributed by atoms with E-state index in [1.807, 2.05) is 6.92 Å². The number of hydrogen-bond donors (Lipinski definition) is 0. The van der Waals surface area contributed by atoms with E-state index in [1.54, 1.807) is 48.5 Å². The van der Waals surface area contributed by atoms with E-state index in [-0.39, 0.29) is 11.6 Å². The van der Waals surface area contributed by atoms with Crippen LogP contribution in [0, 0.1) is 6.92 Å². The highest BCUT2D eigenvalue weighted by molar-refractivity contribution is 6.30. The lowest BCUT2D eigenvalue weighted by atomic mass is 9.99. The molecule has 0 spiro atoms. The lowest BCUT2D eigenvalue weighted by Crippen LogP contribution is -2.09. The lowest BCUT2D eigenvalue weighted by Gasteiger charge is -2.10. The molecule has 4 rings (SSSR count). The van der Waals surface area contributed by atoms with Gasteiger partial charge in [-0.2, -0.15) is 0 Å². The van der Waals surface area contributed by atoms with E-state index in [9.17, 15) is 9.59 Å². The first-order chi connectivity index (χ1) is 14.4. The molecule has 152 valence electrons. The lowest BCUT2D eigenvalue weighted by molar-refractivity contribution is -0.134. The third-order valence-electron chi connectivity index (χ3n) is 4.61. The molecule has 8 heteroatoms. The van der Waals surface area contributed by atoms with E-state index in [1.165, 1.54) is 0 Å². The first kappa shape index (κ1) is 20.2. The van der Waals surface area contributed by atoms with Gasteiger partial charge in [0.15, 0.2) is 5.15 Å². The van der Waals surface area contributed by atoms with Crippen LogP contribution in [0.2, 0.25) is 10.2 Å². The molecule has 0 atom stereocenters. The largest absolute Gasteiger partial charge is 0.426 e. The number of hydrogen-bond acceptors (Lipinski definition) is 6. The highest BCUT2D eigenvalue weighted by atomic mass is 35.5. The normalized spacial score (nSPS) is 11.0. The summed E-state index contributed by atoms with van der Waals surface area (Å²) in [7, 11) is 0. The van der Waals surface area contributed by atoms with Gasteiger partial charge in [0.25, 0.3) is 0 Å². The van der Waals surface area contributed by atoms with Gasteiger partial charge in [-0.1, -0.05) is 40.5 Å². The fourth-order valence-corrected chi connectivity index (χ4v) is 3.44. The van der Waals surface area contributed by atoms with Crippen molar-refractivity contribution in [1.29, 1.82) is 0 Å². The number of halogens is 2. The number of ether oxygens (including phenoxy) is 1. The number of esters is 1. The van der Waals surface area contributed by atoms with Crippen molar-refractivity contribution in [1.82, 2.24) is 5.16 Å². The molecule has 0 aliphatic heterocycles. The van der Waals surface area contributed by atoms with Crippen molar-refractivity contribution >= 4 is 40.1 Å². The van der Waals surface area contributed by atoms with E-state index in [2.05, 4.69) is 5.16 Å². The van der Waals surface area contributed by atoms with E-state index in [4.69, 9.17) is 36.9 Å². The van der Waals surface area contributed by atoms with Crippen molar-refractivity contribution in [2.24, 2.45) is 0 Å². The van der Waals surface area contributed by atoms with Gasteiger partial charge < -0.3 is 13.7 Å². The van der Waals surface area contributed by atoms with Gasteiger partial charge in [-0.05, 0) is 48.4 Å². The minimum Gasteiger partial charge on any atom is -0.426 e. The second-order valence-corrected chi connectivity index (χ2v) is 7.47. The van der Waals surface area contributed by atoms with Gasteiger partial charge in [0.2, 0.25) is 0 Å². The molecule has 4 aromatic rings. The monoisotopic (exact) mass is 443 g/mol. The summed E-state index contributed by atoms with van der Waals surface area (Å²) in [6.45, 7) is 1.82. The summed E-state index contributed by atoms with van der Waals surface area (Å²) in [5.41, 5.74) is 1.81. The van der Waals surface area contributed by atoms with Crippen LogP contribution >= 0.6 is 23.2 Å². The van der Waals surface area contributed by atoms with Crippen LogP contribution in [0.5, 0.6) is 5.75 Å². The Hall–Kier alpha value is -3.09. The van der Waals surface area contributed by atoms with Gasteiger partial charge in [-0.15, -0.1) is 0 Å².